The maximum atomic E-state index is 11.8. The van der Waals surface area contributed by atoms with E-state index < -0.39 is 17.9 Å². The quantitative estimate of drug-likeness (QED) is 0.495. The van der Waals surface area contributed by atoms with Crippen molar-refractivity contribution in [2.45, 2.75) is 27.2 Å². The molecular formula is C12H22O4S. The first-order valence-electron chi connectivity index (χ1n) is 5.94. The Bertz CT molecular complexity index is 225. The fraction of sp³-hybridized carbons (Fsp3) is 0.833. The van der Waals surface area contributed by atoms with Crippen molar-refractivity contribution >= 4 is 23.7 Å². The van der Waals surface area contributed by atoms with Crippen molar-refractivity contribution < 1.29 is 19.1 Å². The Morgan fingerprint density at radius 1 is 1.06 bits per heavy atom. The molecule has 0 N–H and O–H groups in total. The van der Waals surface area contributed by atoms with Crippen molar-refractivity contribution in [3.63, 3.8) is 0 Å². The first kappa shape index (κ1) is 16.3. The van der Waals surface area contributed by atoms with Gasteiger partial charge in [-0.1, -0.05) is 13.3 Å². The van der Waals surface area contributed by atoms with Gasteiger partial charge in [-0.2, -0.15) is 11.8 Å². The van der Waals surface area contributed by atoms with Crippen LogP contribution in [0, 0.1) is 11.8 Å². The van der Waals surface area contributed by atoms with Gasteiger partial charge in [0.1, 0.15) is 0 Å². The van der Waals surface area contributed by atoms with Gasteiger partial charge in [0.25, 0.3) is 0 Å². The summed E-state index contributed by atoms with van der Waals surface area (Å²) in [5.41, 5.74) is 0. The predicted octanol–water partition coefficient (Wildman–Crippen LogP) is 2.12. The summed E-state index contributed by atoms with van der Waals surface area (Å²) in [6.07, 6.45) is 2.71. The third-order valence-electron chi connectivity index (χ3n) is 2.46. The Kier molecular flexibility index (Phi) is 8.94. The summed E-state index contributed by atoms with van der Waals surface area (Å²) in [6, 6.07) is 0. The van der Waals surface area contributed by atoms with Crippen molar-refractivity contribution in [2.75, 3.05) is 25.2 Å². The Morgan fingerprint density at radius 3 is 1.82 bits per heavy atom. The lowest BCUT2D eigenvalue weighted by Crippen LogP contribution is -2.35. The molecule has 0 heterocycles. The lowest BCUT2D eigenvalue weighted by molar-refractivity contribution is -0.164. The molecule has 4 nitrogen and oxygen atoms in total. The predicted molar refractivity (Wildman–Crippen MR) is 68.9 cm³/mol. The second-order valence-electron chi connectivity index (χ2n) is 3.61. The van der Waals surface area contributed by atoms with Crippen molar-refractivity contribution in [2.24, 2.45) is 11.8 Å². The summed E-state index contributed by atoms with van der Waals surface area (Å²) in [5, 5.41) is 0. The zero-order valence-electron chi connectivity index (χ0n) is 11.0. The summed E-state index contributed by atoms with van der Waals surface area (Å²) in [4.78, 5) is 23.6. The SMILES string of the molecule is CCOC(=O)C(C(=O)OCC)C(CC)CSC. The first-order chi connectivity index (χ1) is 8.12. The fourth-order valence-electron chi connectivity index (χ4n) is 1.61. The van der Waals surface area contributed by atoms with Crippen LogP contribution in [0.4, 0.5) is 0 Å². The van der Waals surface area contributed by atoms with E-state index in [0.717, 1.165) is 12.2 Å². The molecule has 0 aromatic heterocycles. The summed E-state index contributed by atoms with van der Waals surface area (Å²) in [6.45, 7) is 5.99. The van der Waals surface area contributed by atoms with Crippen molar-refractivity contribution in [1.29, 1.82) is 0 Å². The molecule has 0 fully saturated rings. The molecule has 0 amide bonds. The highest BCUT2D eigenvalue weighted by Gasteiger charge is 2.36. The van der Waals surface area contributed by atoms with Crippen molar-refractivity contribution in [3.05, 3.63) is 0 Å². The van der Waals surface area contributed by atoms with Crippen molar-refractivity contribution in [3.8, 4) is 0 Å². The van der Waals surface area contributed by atoms with Crippen LogP contribution in [-0.2, 0) is 19.1 Å². The molecule has 0 aromatic carbocycles. The Morgan fingerprint density at radius 2 is 1.53 bits per heavy atom. The number of ether oxygens (including phenoxy) is 2. The molecule has 0 radical (unpaired) electrons. The Hall–Kier alpha value is -0.710. The molecule has 0 aliphatic rings. The van der Waals surface area contributed by atoms with Crippen molar-refractivity contribution in [1.82, 2.24) is 0 Å². The number of hydrogen-bond donors (Lipinski definition) is 0. The molecule has 0 rings (SSSR count). The van der Waals surface area contributed by atoms with Gasteiger partial charge in [-0.3, -0.25) is 9.59 Å². The highest BCUT2D eigenvalue weighted by Crippen LogP contribution is 2.23. The van der Waals surface area contributed by atoms with Gasteiger partial charge >= 0.3 is 11.9 Å². The van der Waals surface area contributed by atoms with E-state index in [4.69, 9.17) is 9.47 Å². The van der Waals surface area contributed by atoms with E-state index in [1.807, 2.05) is 13.2 Å². The van der Waals surface area contributed by atoms with Gasteiger partial charge in [0, 0.05) is 0 Å². The summed E-state index contributed by atoms with van der Waals surface area (Å²) in [7, 11) is 0. The number of esters is 2. The molecule has 0 aromatic rings. The van der Waals surface area contributed by atoms with E-state index in [1.165, 1.54) is 0 Å². The zero-order valence-corrected chi connectivity index (χ0v) is 11.8. The van der Waals surface area contributed by atoms with Crippen LogP contribution >= 0.6 is 11.8 Å². The second-order valence-corrected chi connectivity index (χ2v) is 4.52. The lowest BCUT2D eigenvalue weighted by atomic mass is 9.91. The first-order valence-corrected chi connectivity index (χ1v) is 7.33. The molecule has 1 unspecified atom stereocenters. The number of thioether (sulfide) groups is 1. The molecule has 100 valence electrons. The van der Waals surface area contributed by atoms with Crippen LogP contribution in [0.1, 0.15) is 27.2 Å². The Labute approximate surface area is 107 Å². The minimum Gasteiger partial charge on any atom is -0.465 e. The van der Waals surface area contributed by atoms with Gasteiger partial charge in [0.05, 0.1) is 13.2 Å². The molecule has 5 heteroatoms. The summed E-state index contributed by atoms with van der Waals surface area (Å²) in [5.74, 6) is -0.993. The molecule has 17 heavy (non-hydrogen) atoms. The van der Waals surface area contributed by atoms with Crippen LogP contribution in [0.3, 0.4) is 0 Å². The maximum absolute atomic E-state index is 11.8. The smallest absolute Gasteiger partial charge is 0.320 e. The average Bonchev–Trinajstić information content (AvgIpc) is 2.29. The largest absolute Gasteiger partial charge is 0.465 e. The van der Waals surface area contributed by atoms with Gasteiger partial charge in [-0.25, -0.2) is 0 Å². The van der Waals surface area contributed by atoms with E-state index in [2.05, 4.69) is 0 Å². The number of rotatable bonds is 8. The van der Waals surface area contributed by atoms with Crippen LogP contribution in [0.2, 0.25) is 0 Å². The summed E-state index contributed by atoms with van der Waals surface area (Å²) >= 11 is 1.62. The highest BCUT2D eigenvalue weighted by atomic mass is 32.2. The van der Waals surface area contributed by atoms with E-state index >= 15 is 0 Å². The van der Waals surface area contributed by atoms with E-state index in [9.17, 15) is 9.59 Å². The summed E-state index contributed by atoms with van der Waals surface area (Å²) < 4.78 is 9.90. The van der Waals surface area contributed by atoms with Gasteiger partial charge in [-0.05, 0) is 31.8 Å². The third kappa shape index (κ3) is 5.44. The average molecular weight is 262 g/mol. The highest BCUT2D eigenvalue weighted by molar-refractivity contribution is 7.98. The van der Waals surface area contributed by atoms with Gasteiger partial charge in [0.15, 0.2) is 5.92 Å². The van der Waals surface area contributed by atoms with Gasteiger partial charge in [-0.15, -0.1) is 0 Å². The molecule has 0 saturated carbocycles. The minimum absolute atomic E-state index is 0.0249. The third-order valence-corrected chi connectivity index (χ3v) is 3.22. The molecule has 0 spiro atoms. The topological polar surface area (TPSA) is 52.6 Å². The lowest BCUT2D eigenvalue weighted by Gasteiger charge is -2.22. The minimum atomic E-state index is -0.785. The van der Waals surface area contributed by atoms with Crippen LogP contribution in [0.25, 0.3) is 0 Å². The maximum Gasteiger partial charge on any atom is 0.320 e. The van der Waals surface area contributed by atoms with E-state index in [-0.39, 0.29) is 19.1 Å². The molecule has 0 aliphatic heterocycles. The fourth-order valence-corrected chi connectivity index (χ4v) is 2.47. The van der Waals surface area contributed by atoms with Crippen LogP contribution in [0.15, 0.2) is 0 Å². The number of carbonyl (C=O) groups excluding carboxylic acids is 2. The van der Waals surface area contributed by atoms with E-state index in [1.54, 1.807) is 25.6 Å². The molecule has 0 aliphatic carbocycles. The van der Waals surface area contributed by atoms with E-state index in [0.29, 0.717) is 0 Å². The zero-order chi connectivity index (χ0) is 13.3. The van der Waals surface area contributed by atoms with Crippen LogP contribution in [0.5, 0.6) is 0 Å². The number of hydrogen-bond acceptors (Lipinski definition) is 5. The monoisotopic (exact) mass is 262 g/mol. The van der Waals surface area contributed by atoms with Gasteiger partial charge < -0.3 is 9.47 Å². The van der Waals surface area contributed by atoms with Crippen LogP contribution < -0.4 is 0 Å². The molecule has 1 atom stereocenters. The second kappa shape index (κ2) is 9.33. The number of carbonyl (C=O) groups is 2. The van der Waals surface area contributed by atoms with Crippen LogP contribution in [-0.4, -0.2) is 37.2 Å². The molecular weight excluding hydrogens is 240 g/mol. The standard InChI is InChI=1S/C12H22O4S/c1-5-9(8-17-4)10(11(13)15-6-2)12(14)16-7-3/h9-10H,5-8H2,1-4H3. The molecule has 0 bridgehead atoms. The van der Waals surface area contributed by atoms with Gasteiger partial charge in [0.2, 0.25) is 0 Å². The normalized spacial score (nSPS) is 12.3. The Balaban J connectivity index is 4.79. The molecule has 0 saturated heterocycles.